The molecule has 1 amide bonds. The topological polar surface area (TPSA) is 66.5 Å². The third-order valence-electron chi connectivity index (χ3n) is 4.63. The van der Waals surface area contributed by atoms with E-state index in [1.165, 1.54) is 15.4 Å². The number of hydrogen-bond acceptors (Lipinski definition) is 4. The fourth-order valence-corrected chi connectivity index (χ4v) is 5.65. The summed E-state index contributed by atoms with van der Waals surface area (Å²) in [5, 5.41) is 2.92. The van der Waals surface area contributed by atoms with E-state index in [-0.39, 0.29) is 11.7 Å². The number of anilines is 1. The maximum atomic E-state index is 12.4. The number of aryl methyl sites for hydroxylation is 1. The maximum Gasteiger partial charge on any atom is 0.251 e. The van der Waals surface area contributed by atoms with Crippen LogP contribution in [-0.4, -0.2) is 38.9 Å². The number of carbonyl (C=O) groups is 1. The van der Waals surface area contributed by atoms with E-state index in [0.717, 1.165) is 17.9 Å². The molecule has 0 aromatic heterocycles. The molecule has 0 radical (unpaired) electrons. The number of rotatable bonds is 7. The largest absolute Gasteiger partial charge is 0.351 e. The van der Waals surface area contributed by atoms with E-state index >= 15 is 0 Å². The molecule has 28 heavy (non-hydrogen) atoms. The lowest BCUT2D eigenvalue weighted by molar-refractivity contribution is 0.0956. The zero-order valence-corrected chi connectivity index (χ0v) is 17.7. The summed E-state index contributed by atoms with van der Waals surface area (Å²) in [6.45, 7) is 3.13. The van der Waals surface area contributed by atoms with Gasteiger partial charge < -0.3 is 5.32 Å². The number of nitrogens with one attached hydrogen (secondary N) is 1. The second-order valence-corrected chi connectivity index (χ2v) is 10.1. The van der Waals surface area contributed by atoms with E-state index in [1.54, 1.807) is 36.0 Å². The summed E-state index contributed by atoms with van der Waals surface area (Å²) < 4.78 is 26.0. The Kier molecular flexibility index (Phi) is 7.02. The molecular formula is C21H26N2O3S2. The smallest absolute Gasteiger partial charge is 0.251 e. The molecule has 0 saturated carbocycles. The van der Waals surface area contributed by atoms with Crippen molar-refractivity contribution in [3.8, 4) is 0 Å². The quantitative estimate of drug-likeness (QED) is 0.698. The molecule has 3 rings (SSSR count). The van der Waals surface area contributed by atoms with Crippen molar-refractivity contribution in [1.29, 1.82) is 0 Å². The number of nitrogens with zero attached hydrogens (tertiary/aromatic N) is 1. The van der Waals surface area contributed by atoms with Crippen LogP contribution in [0.1, 0.15) is 34.3 Å². The van der Waals surface area contributed by atoms with E-state index < -0.39 is 10.0 Å². The van der Waals surface area contributed by atoms with Gasteiger partial charge in [-0.25, -0.2) is 8.42 Å². The molecular weight excluding hydrogens is 392 g/mol. The highest BCUT2D eigenvalue weighted by Crippen LogP contribution is 2.24. The molecule has 1 saturated heterocycles. The highest BCUT2D eigenvalue weighted by molar-refractivity contribution is 7.98. The van der Waals surface area contributed by atoms with Crippen LogP contribution in [0.4, 0.5) is 5.69 Å². The molecule has 0 spiro atoms. The summed E-state index contributed by atoms with van der Waals surface area (Å²) in [5.41, 5.74) is 3.59. The van der Waals surface area contributed by atoms with Crippen LogP contribution in [0, 0.1) is 6.92 Å². The predicted octanol–water partition coefficient (Wildman–Crippen LogP) is 3.59. The minimum absolute atomic E-state index is 0.168. The Morgan fingerprint density at radius 3 is 2.75 bits per heavy atom. The van der Waals surface area contributed by atoms with Crippen molar-refractivity contribution in [2.24, 2.45) is 0 Å². The van der Waals surface area contributed by atoms with Gasteiger partial charge in [0.25, 0.3) is 5.91 Å². The first-order valence-corrected chi connectivity index (χ1v) is 12.2. The highest BCUT2D eigenvalue weighted by atomic mass is 32.2. The lowest BCUT2D eigenvalue weighted by Gasteiger charge is -2.28. The van der Waals surface area contributed by atoms with Crippen molar-refractivity contribution in [3.05, 3.63) is 65.2 Å². The summed E-state index contributed by atoms with van der Waals surface area (Å²) in [5.74, 6) is 1.73. The first-order chi connectivity index (χ1) is 13.5. The van der Waals surface area contributed by atoms with Gasteiger partial charge in [0.15, 0.2) is 0 Å². The molecule has 7 heteroatoms. The van der Waals surface area contributed by atoms with Gasteiger partial charge >= 0.3 is 0 Å². The molecule has 150 valence electrons. The van der Waals surface area contributed by atoms with Gasteiger partial charge in [-0.15, -0.1) is 0 Å². The van der Waals surface area contributed by atoms with Gasteiger partial charge in [-0.1, -0.05) is 35.9 Å². The summed E-state index contributed by atoms with van der Waals surface area (Å²) in [6, 6.07) is 15.3. The fourth-order valence-electron chi connectivity index (χ4n) is 3.21. The van der Waals surface area contributed by atoms with Crippen molar-refractivity contribution in [2.75, 3.05) is 28.9 Å². The third-order valence-corrected chi connectivity index (χ3v) is 7.53. The predicted molar refractivity (Wildman–Crippen MR) is 116 cm³/mol. The zero-order chi connectivity index (χ0) is 20.0. The fraction of sp³-hybridized carbons (Fsp3) is 0.381. The zero-order valence-electron chi connectivity index (χ0n) is 16.1. The Morgan fingerprint density at radius 2 is 1.96 bits per heavy atom. The Bertz CT molecular complexity index is 929. The number of sulfonamides is 1. The molecule has 0 aliphatic carbocycles. The molecule has 0 bridgehead atoms. The molecule has 1 fully saturated rings. The first-order valence-electron chi connectivity index (χ1n) is 9.48. The molecule has 5 nitrogen and oxygen atoms in total. The summed E-state index contributed by atoms with van der Waals surface area (Å²) in [7, 11) is -3.27. The average molecular weight is 419 g/mol. The molecule has 1 aliphatic heterocycles. The van der Waals surface area contributed by atoms with Crippen LogP contribution in [0.3, 0.4) is 0 Å². The van der Waals surface area contributed by atoms with Crippen LogP contribution in [0.5, 0.6) is 0 Å². The molecule has 1 N–H and O–H groups in total. The van der Waals surface area contributed by atoms with E-state index in [4.69, 9.17) is 0 Å². The molecule has 1 aliphatic rings. The Hall–Kier alpha value is -1.99. The first kappa shape index (κ1) is 20.7. The van der Waals surface area contributed by atoms with E-state index in [0.29, 0.717) is 30.8 Å². The van der Waals surface area contributed by atoms with Gasteiger partial charge in [-0.05, 0) is 43.5 Å². The number of thioether (sulfide) groups is 1. The van der Waals surface area contributed by atoms with Crippen LogP contribution in [0.2, 0.25) is 0 Å². The number of carbonyl (C=O) groups excluding carboxylic acids is 1. The van der Waals surface area contributed by atoms with E-state index in [2.05, 4.69) is 36.5 Å². The van der Waals surface area contributed by atoms with E-state index in [1.807, 2.05) is 0 Å². The van der Waals surface area contributed by atoms with E-state index in [9.17, 15) is 13.2 Å². The minimum Gasteiger partial charge on any atom is -0.351 e. The third kappa shape index (κ3) is 5.52. The number of benzene rings is 2. The standard InChI is InChI=1S/C21H26N2O3S2/c1-17-6-4-7-18(14-17)16-27-12-10-22-21(24)19-8-5-9-20(15-19)23-11-2-3-13-28(23,25)26/h4-9,14-15H,2-3,10-13,16H2,1H3,(H,22,24). The number of hydrogen-bond donors (Lipinski definition) is 1. The van der Waals surface area contributed by atoms with Gasteiger partial charge in [0.2, 0.25) is 10.0 Å². The molecule has 1 heterocycles. The second kappa shape index (κ2) is 9.47. The van der Waals surface area contributed by atoms with Crippen molar-refractivity contribution in [2.45, 2.75) is 25.5 Å². The van der Waals surface area contributed by atoms with Crippen molar-refractivity contribution in [3.63, 3.8) is 0 Å². The molecule has 2 aromatic rings. The average Bonchev–Trinajstić information content (AvgIpc) is 2.67. The van der Waals surface area contributed by atoms with Crippen molar-refractivity contribution < 1.29 is 13.2 Å². The Labute approximate surface area is 171 Å². The monoisotopic (exact) mass is 418 g/mol. The van der Waals surface area contributed by atoms with Crippen LogP contribution < -0.4 is 9.62 Å². The van der Waals surface area contributed by atoms with Gasteiger partial charge in [0, 0.05) is 30.2 Å². The molecule has 0 unspecified atom stereocenters. The lowest BCUT2D eigenvalue weighted by Crippen LogP contribution is -2.38. The molecule has 2 aromatic carbocycles. The van der Waals surface area contributed by atoms with Crippen LogP contribution in [0.25, 0.3) is 0 Å². The van der Waals surface area contributed by atoms with Gasteiger partial charge in [0.05, 0.1) is 11.4 Å². The van der Waals surface area contributed by atoms with Crippen LogP contribution >= 0.6 is 11.8 Å². The second-order valence-electron chi connectivity index (χ2n) is 6.94. The van der Waals surface area contributed by atoms with Gasteiger partial charge in [-0.3, -0.25) is 9.10 Å². The SMILES string of the molecule is Cc1cccc(CSCCNC(=O)c2cccc(N3CCCCS3(=O)=O)c2)c1. The van der Waals surface area contributed by atoms with Crippen LogP contribution in [0.15, 0.2) is 48.5 Å². The Morgan fingerprint density at radius 1 is 1.14 bits per heavy atom. The van der Waals surface area contributed by atoms with Crippen molar-refractivity contribution in [1.82, 2.24) is 5.32 Å². The summed E-state index contributed by atoms with van der Waals surface area (Å²) in [4.78, 5) is 12.4. The molecule has 0 atom stereocenters. The Balaban J connectivity index is 1.50. The van der Waals surface area contributed by atoms with Gasteiger partial charge in [-0.2, -0.15) is 11.8 Å². The normalized spacial score (nSPS) is 16.0. The highest BCUT2D eigenvalue weighted by Gasteiger charge is 2.26. The minimum atomic E-state index is -3.27. The maximum absolute atomic E-state index is 12.4. The van der Waals surface area contributed by atoms with Crippen LogP contribution in [-0.2, 0) is 15.8 Å². The summed E-state index contributed by atoms with van der Waals surface area (Å²) in [6.07, 6.45) is 1.53. The van der Waals surface area contributed by atoms with Gasteiger partial charge in [0.1, 0.15) is 0 Å². The van der Waals surface area contributed by atoms with Crippen molar-refractivity contribution >= 4 is 33.4 Å². The summed E-state index contributed by atoms with van der Waals surface area (Å²) >= 11 is 1.78. The lowest BCUT2D eigenvalue weighted by atomic mass is 10.2. The number of amides is 1.